The summed E-state index contributed by atoms with van der Waals surface area (Å²) < 4.78 is 7.34. The number of aromatic nitrogens is 3. The molecule has 1 atom stereocenters. The van der Waals surface area contributed by atoms with Crippen LogP contribution in [0.4, 0.5) is 4.79 Å². The monoisotopic (exact) mass is 476 g/mol. The lowest BCUT2D eigenvalue weighted by Gasteiger charge is -2.28. The minimum atomic E-state index is -0.694. The van der Waals surface area contributed by atoms with Crippen molar-refractivity contribution in [3.63, 3.8) is 0 Å². The third-order valence-corrected chi connectivity index (χ3v) is 7.69. The zero-order valence-electron chi connectivity index (χ0n) is 20.3. The van der Waals surface area contributed by atoms with Gasteiger partial charge >= 0.3 is 12.1 Å². The molecular weight excluding hydrogens is 444 g/mol. The molecule has 0 spiro atoms. The molecule has 1 saturated carbocycles. The number of aliphatic carboxylic acids is 1. The summed E-state index contributed by atoms with van der Waals surface area (Å²) in [7, 11) is 1.42. The highest BCUT2D eigenvalue weighted by molar-refractivity contribution is 5.82. The second kappa shape index (κ2) is 9.68. The molecule has 1 aliphatic carbocycles. The molecule has 0 unspecified atom stereocenters. The van der Waals surface area contributed by atoms with E-state index >= 15 is 0 Å². The molecule has 1 fully saturated rings. The van der Waals surface area contributed by atoms with Gasteiger partial charge in [-0.1, -0.05) is 6.07 Å². The molecule has 5 rings (SSSR count). The standard InChI is InChI=1S/C27H32N4O4/c1-17(15-18-9-12-28-13-10-18)31-23-8-7-19-11-14-30(27(34)35-2)16-22(19)24(23)29-25(31)20-3-5-21(6-4-20)26(32)33/h7-10,12-13,17,20-21H,3-6,11,14-16H2,1-2H3,(H,32,33)/t17-,20-,21-/m0/s1. The van der Waals surface area contributed by atoms with Gasteiger partial charge in [0.2, 0.25) is 0 Å². The smallest absolute Gasteiger partial charge is 0.409 e. The molecule has 0 bridgehead atoms. The predicted octanol–water partition coefficient (Wildman–Crippen LogP) is 4.72. The molecule has 8 nitrogen and oxygen atoms in total. The maximum atomic E-state index is 12.3. The van der Waals surface area contributed by atoms with Crippen molar-refractivity contribution in [1.82, 2.24) is 19.4 Å². The van der Waals surface area contributed by atoms with E-state index in [0.29, 0.717) is 25.9 Å². The van der Waals surface area contributed by atoms with Gasteiger partial charge in [0.25, 0.3) is 0 Å². The topological polar surface area (TPSA) is 97.5 Å². The fraction of sp³-hybridized carbons (Fsp3) is 0.481. The van der Waals surface area contributed by atoms with E-state index in [1.807, 2.05) is 24.5 Å². The molecule has 184 valence electrons. The average Bonchev–Trinajstić information content (AvgIpc) is 3.29. The number of amides is 1. The molecule has 35 heavy (non-hydrogen) atoms. The van der Waals surface area contributed by atoms with E-state index in [1.54, 1.807) is 4.90 Å². The number of carbonyl (C=O) groups excluding carboxylic acids is 1. The first kappa shape index (κ1) is 23.3. The van der Waals surface area contributed by atoms with Crippen molar-refractivity contribution >= 4 is 23.1 Å². The van der Waals surface area contributed by atoms with Crippen molar-refractivity contribution in [2.24, 2.45) is 5.92 Å². The number of ether oxygens (including phenoxy) is 1. The Morgan fingerprint density at radius 2 is 1.89 bits per heavy atom. The third kappa shape index (κ3) is 4.49. The fourth-order valence-corrected chi connectivity index (χ4v) is 5.80. The van der Waals surface area contributed by atoms with Gasteiger partial charge in [0.1, 0.15) is 5.82 Å². The molecule has 8 heteroatoms. The Morgan fingerprint density at radius 1 is 1.14 bits per heavy atom. The van der Waals surface area contributed by atoms with Gasteiger partial charge in [-0.15, -0.1) is 0 Å². The number of carbonyl (C=O) groups is 2. The van der Waals surface area contributed by atoms with Crippen LogP contribution in [0.15, 0.2) is 36.7 Å². The number of carboxylic acid groups (broad SMARTS) is 1. The van der Waals surface area contributed by atoms with E-state index < -0.39 is 5.97 Å². The van der Waals surface area contributed by atoms with Crippen LogP contribution in [0.25, 0.3) is 11.0 Å². The number of nitrogens with zero attached hydrogens (tertiary/aromatic N) is 4. The lowest BCUT2D eigenvalue weighted by atomic mass is 9.81. The zero-order valence-corrected chi connectivity index (χ0v) is 20.3. The SMILES string of the molecule is COC(=O)N1CCc2ccc3c(nc([C@H]4CC[C@H](C(=O)O)CC4)n3[C@@H](C)Cc3ccncc3)c2C1. The van der Waals surface area contributed by atoms with Crippen LogP contribution in [-0.4, -0.2) is 50.3 Å². The van der Waals surface area contributed by atoms with Gasteiger partial charge in [0.05, 0.1) is 30.6 Å². The quantitative estimate of drug-likeness (QED) is 0.572. The van der Waals surface area contributed by atoms with Gasteiger partial charge in [-0.3, -0.25) is 9.78 Å². The van der Waals surface area contributed by atoms with Crippen molar-refractivity contribution < 1.29 is 19.4 Å². The van der Waals surface area contributed by atoms with E-state index in [9.17, 15) is 14.7 Å². The summed E-state index contributed by atoms with van der Waals surface area (Å²) in [5, 5.41) is 9.47. The van der Waals surface area contributed by atoms with Crippen LogP contribution in [0, 0.1) is 5.92 Å². The highest BCUT2D eigenvalue weighted by Gasteiger charge is 2.32. The maximum Gasteiger partial charge on any atom is 0.409 e. The summed E-state index contributed by atoms with van der Waals surface area (Å²) in [6, 6.07) is 8.60. The maximum absolute atomic E-state index is 12.3. The third-order valence-electron chi connectivity index (χ3n) is 7.69. The van der Waals surface area contributed by atoms with Gasteiger partial charge in [-0.05, 0) is 74.8 Å². The van der Waals surface area contributed by atoms with Crippen LogP contribution in [0.1, 0.15) is 67.1 Å². The zero-order chi connectivity index (χ0) is 24.5. The highest BCUT2D eigenvalue weighted by Crippen LogP contribution is 2.40. The summed E-state index contributed by atoms with van der Waals surface area (Å²) in [5.41, 5.74) is 5.56. The fourth-order valence-electron chi connectivity index (χ4n) is 5.80. The van der Waals surface area contributed by atoms with Crippen molar-refractivity contribution in [1.29, 1.82) is 0 Å². The number of fused-ring (bicyclic) bond motifs is 3. The first-order valence-electron chi connectivity index (χ1n) is 12.4. The molecule has 1 aromatic carbocycles. The molecule has 1 amide bonds. The van der Waals surface area contributed by atoms with E-state index in [1.165, 1.54) is 18.2 Å². The van der Waals surface area contributed by atoms with Gasteiger partial charge in [0.15, 0.2) is 0 Å². The molecule has 1 aliphatic heterocycles. The average molecular weight is 477 g/mol. The number of pyridine rings is 1. The number of rotatable bonds is 5. The molecule has 0 saturated heterocycles. The van der Waals surface area contributed by atoms with Crippen LogP contribution in [-0.2, 0) is 28.9 Å². The highest BCUT2D eigenvalue weighted by atomic mass is 16.5. The van der Waals surface area contributed by atoms with Crippen molar-refractivity contribution in [2.45, 2.75) is 64.0 Å². The Bertz CT molecular complexity index is 1230. The van der Waals surface area contributed by atoms with Crippen LogP contribution >= 0.6 is 0 Å². The summed E-state index contributed by atoms with van der Waals surface area (Å²) in [5.74, 6) is 0.294. The second-order valence-corrected chi connectivity index (χ2v) is 9.85. The van der Waals surface area contributed by atoms with E-state index in [2.05, 4.69) is 28.6 Å². The normalized spacial score (nSPS) is 20.9. The number of benzene rings is 1. The van der Waals surface area contributed by atoms with Crippen molar-refractivity contribution in [3.8, 4) is 0 Å². The summed E-state index contributed by atoms with van der Waals surface area (Å²) in [6.07, 6.45) is 7.93. The Balaban J connectivity index is 1.56. The van der Waals surface area contributed by atoms with Crippen LogP contribution < -0.4 is 0 Å². The number of hydrogen-bond acceptors (Lipinski definition) is 5. The molecule has 2 aliphatic rings. The van der Waals surface area contributed by atoms with Gasteiger partial charge in [-0.2, -0.15) is 0 Å². The minimum absolute atomic E-state index is 0.160. The Labute approximate surface area is 204 Å². The Kier molecular flexibility index (Phi) is 6.45. The first-order chi connectivity index (χ1) is 17.0. The molecule has 3 aromatic rings. The number of imidazole rings is 1. The molecule has 1 N–H and O–H groups in total. The Morgan fingerprint density at radius 3 is 2.57 bits per heavy atom. The number of methoxy groups -OCH3 is 1. The van der Waals surface area contributed by atoms with Gasteiger partial charge < -0.3 is 19.3 Å². The number of carboxylic acids is 1. The van der Waals surface area contributed by atoms with Crippen LogP contribution in [0.2, 0.25) is 0 Å². The largest absolute Gasteiger partial charge is 0.481 e. The van der Waals surface area contributed by atoms with Crippen molar-refractivity contribution in [2.75, 3.05) is 13.7 Å². The number of hydrogen-bond donors (Lipinski definition) is 1. The minimum Gasteiger partial charge on any atom is -0.481 e. The predicted molar refractivity (Wildman–Crippen MR) is 131 cm³/mol. The van der Waals surface area contributed by atoms with Crippen LogP contribution in [0.3, 0.4) is 0 Å². The summed E-state index contributed by atoms with van der Waals surface area (Å²) in [4.78, 5) is 34.9. The summed E-state index contributed by atoms with van der Waals surface area (Å²) in [6.45, 7) is 3.34. The van der Waals surface area contributed by atoms with E-state index in [0.717, 1.165) is 48.1 Å². The summed E-state index contributed by atoms with van der Waals surface area (Å²) >= 11 is 0. The van der Waals surface area contributed by atoms with Gasteiger partial charge in [-0.25, -0.2) is 9.78 Å². The Hall–Kier alpha value is -3.42. The molecule has 0 radical (unpaired) electrons. The van der Waals surface area contributed by atoms with Crippen LogP contribution in [0.5, 0.6) is 0 Å². The molecule has 2 aromatic heterocycles. The molecular formula is C27H32N4O4. The second-order valence-electron chi connectivity index (χ2n) is 9.85. The molecule has 3 heterocycles. The van der Waals surface area contributed by atoms with E-state index in [4.69, 9.17) is 9.72 Å². The van der Waals surface area contributed by atoms with Gasteiger partial charge in [0, 0.05) is 36.5 Å². The lowest BCUT2D eigenvalue weighted by molar-refractivity contribution is -0.142. The lowest BCUT2D eigenvalue weighted by Crippen LogP contribution is -2.35. The van der Waals surface area contributed by atoms with Crippen molar-refractivity contribution in [3.05, 3.63) is 59.2 Å². The van der Waals surface area contributed by atoms with E-state index in [-0.39, 0.29) is 24.0 Å². The first-order valence-corrected chi connectivity index (χ1v) is 12.4.